The number of hydrogen-bond donors (Lipinski definition) is 2. The molecule has 0 unspecified atom stereocenters. The lowest BCUT2D eigenvalue weighted by Crippen LogP contribution is -2.05. The lowest BCUT2D eigenvalue weighted by molar-refractivity contribution is 0.476. The molecule has 0 aliphatic carbocycles. The zero-order valence-corrected chi connectivity index (χ0v) is 10.6. The highest BCUT2D eigenvalue weighted by Gasteiger charge is 2.06. The molecule has 0 radical (unpaired) electrons. The number of nitrogens with one attached hydrogen (secondary N) is 1. The molecule has 0 fully saturated rings. The van der Waals surface area contributed by atoms with Crippen LogP contribution in [0.15, 0.2) is 24.4 Å². The van der Waals surface area contributed by atoms with Crippen LogP contribution in [-0.4, -0.2) is 14.9 Å². The molecule has 0 saturated carbocycles. The number of aryl methyl sites for hydroxylation is 1. The molecule has 2 aromatic rings. The number of phenols is 1. The Kier molecular flexibility index (Phi) is 3.45. The summed E-state index contributed by atoms with van der Waals surface area (Å²) in [5.41, 5.74) is 1.78. The molecule has 90 valence electrons. The van der Waals surface area contributed by atoms with E-state index >= 15 is 0 Å². The SMILES string of the molecule is Cn1nccc1CNc1cc(Cl)c(O)c(Cl)c1. The van der Waals surface area contributed by atoms with Crippen LogP contribution in [0.4, 0.5) is 5.69 Å². The van der Waals surface area contributed by atoms with Crippen molar-refractivity contribution in [1.29, 1.82) is 0 Å². The Labute approximate surface area is 109 Å². The van der Waals surface area contributed by atoms with Crippen LogP contribution >= 0.6 is 23.2 Å². The number of anilines is 1. The van der Waals surface area contributed by atoms with Crippen LogP contribution in [0, 0.1) is 0 Å². The van der Waals surface area contributed by atoms with E-state index in [-0.39, 0.29) is 15.8 Å². The summed E-state index contributed by atoms with van der Waals surface area (Å²) in [4.78, 5) is 0. The number of hydrogen-bond acceptors (Lipinski definition) is 3. The molecule has 0 spiro atoms. The van der Waals surface area contributed by atoms with Gasteiger partial charge in [-0.3, -0.25) is 4.68 Å². The normalized spacial score (nSPS) is 10.5. The van der Waals surface area contributed by atoms with Gasteiger partial charge in [0.05, 0.1) is 22.3 Å². The predicted octanol–water partition coefficient (Wildman–Crippen LogP) is 3.04. The van der Waals surface area contributed by atoms with Crippen molar-refractivity contribution in [3.63, 3.8) is 0 Å². The number of aromatic nitrogens is 2. The highest BCUT2D eigenvalue weighted by molar-refractivity contribution is 6.37. The Morgan fingerprint density at radius 2 is 2.00 bits per heavy atom. The van der Waals surface area contributed by atoms with Gasteiger partial charge in [0.2, 0.25) is 0 Å². The second-order valence-corrected chi connectivity index (χ2v) is 4.40. The first-order chi connectivity index (χ1) is 8.08. The smallest absolute Gasteiger partial charge is 0.152 e. The van der Waals surface area contributed by atoms with E-state index in [0.29, 0.717) is 6.54 Å². The highest BCUT2D eigenvalue weighted by atomic mass is 35.5. The fraction of sp³-hybridized carbons (Fsp3) is 0.182. The average Bonchev–Trinajstić information content (AvgIpc) is 2.69. The summed E-state index contributed by atoms with van der Waals surface area (Å²) in [7, 11) is 1.87. The summed E-state index contributed by atoms with van der Waals surface area (Å²) in [5.74, 6) is -0.0978. The maximum Gasteiger partial charge on any atom is 0.152 e. The van der Waals surface area contributed by atoms with Gasteiger partial charge in [0, 0.05) is 18.9 Å². The second kappa shape index (κ2) is 4.85. The molecular weight excluding hydrogens is 261 g/mol. The van der Waals surface area contributed by atoms with E-state index in [1.54, 1.807) is 23.0 Å². The van der Waals surface area contributed by atoms with Crippen LogP contribution < -0.4 is 5.32 Å². The number of halogens is 2. The molecule has 1 aromatic heterocycles. The summed E-state index contributed by atoms with van der Waals surface area (Å²) >= 11 is 11.6. The first-order valence-electron chi connectivity index (χ1n) is 4.96. The van der Waals surface area contributed by atoms with E-state index < -0.39 is 0 Å². The molecule has 0 atom stereocenters. The summed E-state index contributed by atoms with van der Waals surface area (Å²) in [5, 5.41) is 17.1. The van der Waals surface area contributed by atoms with Crippen LogP contribution in [0.2, 0.25) is 10.0 Å². The van der Waals surface area contributed by atoms with Crippen LogP contribution in [0.1, 0.15) is 5.69 Å². The number of phenolic OH excluding ortho intramolecular Hbond substituents is 1. The lowest BCUT2D eigenvalue weighted by atomic mass is 10.3. The van der Waals surface area contributed by atoms with Crippen LogP contribution in [-0.2, 0) is 13.6 Å². The van der Waals surface area contributed by atoms with Crippen molar-refractivity contribution < 1.29 is 5.11 Å². The van der Waals surface area contributed by atoms with Gasteiger partial charge in [0.25, 0.3) is 0 Å². The quantitative estimate of drug-likeness (QED) is 0.844. The molecule has 0 aliphatic rings. The van der Waals surface area contributed by atoms with Gasteiger partial charge in [0.1, 0.15) is 0 Å². The summed E-state index contributed by atoms with van der Waals surface area (Å²) in [6.45, 7) is 0.605. The third kappa shape index (κ3) is 2.65. The van der Waals surface area contributed by atoms with E-state index in [4.69, 9.17) is 23.2 Å². The van der Waals surface area contributed by atoms with Gasteiger partial charge in [0.15, 0.2) is 5.75 Å². The van der Waals surface area contributed by atoms with Gasteiger partial charge in [-0.05, 0) is 18.2 Å². The van der Waals surface area contributed by atoms with Crippen molar-refractivity contribution in [2.24, 2.45) is 7.05 Å². The molecule has 2 N–H and O–H groups in total. The van der Waals surface area contributed by atoms with Crippen molar-refractivity contribution in [1.82, 2.24) is 9.78 Å². The minimum atomic E-state index is -0.0978. The Morgan fingerprint density at radius 1 is 1.35 bits per heavy atom. The number of aromatic hydroxyl groups is 1. The molecule has 0 amide bonds. The Bertz CT molecular complexity index is 516. The molecule has 1 heterocycles. The maximum atomic E-state index is 9.42. The van der Waals surface area contributed by atoms with Gasteiger partial charge in [-0.1, -0.05) is 23.2 Å². The molecule has 0 aliphatic heterocycles. The molecule has 6 heteroatoms. The maximum absolute atomic E-state index is 9.42. The third-order valence-corrected chi connectivity index (χ3v) is 2.99. The van der Waals surface area contributed by atoms with Gasteiger partial charge < -0.3 is 10.4 Å². The number of nitrogens with zero attached hydrogens (tertiary/aromatic N) is 2. The minimum absolute atomic E-state index is 0.0978. The van der Waals surface area contributed by atoms with Crippen molar-refractivity contribution in [3.8, 4) is 5.75 Å². The fourth-order valence-electron chi connectivity index (χ4n) is 1.43. The first-order valence-corrected chi connectivity index (χ1v) is 5.72. The van der Waals surface area contributed by atoms with E-state index in [1.165, 1.54) is 0 Å². The Morgan fingerprint density at radius 3 is 2.53 bits per heavy atom. The molecule has 0 saturated heterocycles. The highest BCUT2D eigenvalue weighted by Crippen LogP contribution is 2.34. The zero-order valence-electron chi connectivity index (χ0n) is 9.11. The van der Waals surface area contributed by atoms with Crippen molar-refractivity contribution in [2.45, 2.75) is 6.54 Å². The number of benzene rings is 1. The zero-order chi connectivity index (χ0) is 12.4. The topological polar surface area (TPSA) is 50.1 Å². The lowest BCUT2D eigenvalue weighted by Gasteiger charge is -2.09. The molecule has 4 nitrogen and oxygen atoms in total. The Hall–Kier alpha value is -1.39. The first kappa shape index (κ1) is 12.1. The molecule has 0 bridgehead atoms. The number of rotatable bonds is 3. The van der Waals surface area contributed by atoms with Crippen molar-refractivity contribution in [2.75, 3.05) is 5.32 Å². The fourth-order valence-corrected chi connectivity index (χ4v) is 1.92. The van der Waals surface area contributed by atoms with E-state index in [9.17, 15) is 5.11 Å². The van der Waals surface area contributed by atoms with E-state index in [0.717, 1.165) is 11.4 Å². The monoisotopic (exact) mass is 271 g/mol. The Balaban J connectivity index is 2.12. The van der Waals surface area contributed by atoms with E-state index in [1.807, 2.05) is 13.1 Å². The third-order valence-electron chi connectivity index (χ3n) is 2.41. The van der Waals surface area contributed by atoms with Crippen LogP contribution in [0.3, 0.4) is 0 Å². The molecular formula is C11H11Cl2N3O. The van der Waals surface area contributed by atoms with Crippen molar-refractivity contribution in [3.05, 3.63) is 40.1 Å². The van der Waals surface area contributed by atoms with E-state index in [2.05, 4.69) is 10.4 Å². The summed E-state index contributed by atoms with van der Waals surface area (Å²) in [6, 6.07) is 5.16. The predicted molar refractivity (Wildman–Crippen MR) is 68.7 cm³/mol. The second-order valence-electron chi connectivity index (χ2n) is 3.59. The van der Waals surface area contributed by atoms with Crippen LogP contribution in [0.5, 0.6) is 5.75 Å². The molecule has 17 heavy (non-hydrogen) atoms. The molecule has 1 aromatic carbocycles. The molecule has 2 rings (SSSR count). The summed E-state index contributed by atoms with van der Waals surface area (Å²) < 4.78 is 1.77. The van der Waals surface area contributed by atoms with Gasteiger partial charge >= 0.3 is 0 Å². The van der Waals surface area contributed by atoms with Crippen molar-refractivity contribution >= 4 is 28.9 Å². The minimum Gasteiger partial charge on any atom is -0.505 e. The standard InChI is InChI=1S/C11H11Cl2N3O/c1-16-8(2-3-15-16)6-14-7-4-9(12)11(17)10(13)5-7/h2-5,14,17H,6H2,1H3. The van der Waals surface area contributed by atoms with Gasteiger partial charge in [-0.2, -0.15) is 5.10 Å². The summed E-state index contributed by atoms with van der Waals surface area (Å²) in [6.07, 6.45) is 1.73. The van der Waals surface area contributed by atoms with Gasteiger partial charge in [-0.25, -0.2) is 0 Å². The van der Waals surface area contributed by atoms with Crippen LogP contribution in [0.25, 0.3) is 0 Å². The average molecular weight is 272 g/mol. The largest absolute Gasteiger partial charge is 0.505 e. The van der Waals surface area contributed by atoms with Gasteiger partial charge in [-0.15, -0.1) is 0 Å².